The lowest BCUT2D eigenvalue weighted by Crippen LogP contribution is -2.34. The fourth-order valence-corrected chi connectivity index (χ4v) is 1.64. The van der Waals surface area contributed by atoms with Gasteiger partial charge in [0.1, 0.15) is 11.4 Å². The van der Waals surface area contributed by atoms with Gasteiger partial charge in [0.15, 0.2) is 0 Å². The highest BCUT2D eigenvalue weighted by molar-refractivity contribution is 5.95. The Morgan fingerprint density at radius 2 is 2.00 bits per heavy atom. The van der Waals surface area contributed by atoms with E-state index in [0.717, 1.165) is 11.9 Å². The van der Waals surface area contributed by atoms with Crippen molar-refractivity contribution in [3.63, 3.8) is 0 Å². The van der Waals surface area contributed by atoms with E-state index >= 15 is 0 Å². The van der Waals surface area contributed by atoms with Crippen molar-refractivity contribution in [2.75, 3.05) is 13.6 Å². The first-order valence-electron chi connectivity index (χ1n) is 5.77. The van der Waals surface area contributed by atoms with Gasteiger partial charge < -0.3 is 10.0 Å². The lowest BCUT2D eigenvalue weighted by Gasteiger charge is -2.19. The minimum absolute atomic E-state index is 0.296. The predicted molar refractivity (Wildman–Crippen MR) is 66.8 cm³/mol. The van der Waals surface area contributed by atoms with Crippen LogP contribution in [0, 0.1) is 27.7 Å². The molecular formula is C12H12F2N2O5. The molecule has 0 heterocycles. The second-order valence-electron chi connectivity index (χ2n) is 4.44. The first-order valence-corrected chi connectivity index (χ1v) is 5.77. The Hall–Kier alpha value is -2.58. The van der Waals surface area contributed by atoms with Crippen molar-refractivity contribution in [2.45, 2.75) is 6.92 Å². The molecule has 0 saturated carbocycles. The van der Waals surface area contributed by atoms with Crippen LogP contribution in [0.4, 0.5) is 14.5 Å². The molecule has 1 aromatic rings. The number of nitro groups is 1. The highest BCUT2D eigenvalue weighted by Gasteiger charge is 2.29. The van der Waals surface area contributed by atoms with Gasteiger partial charge in [0, 0.05) is 19.7 Å². The fraction of sp³-hybridized carbons (Fsp3) is 0.333. The zero-order chi connectivity index (χ0) is 16.3. The second kappa shape index (κ2) is 6.25. The van der Waals surface area contributed by atoms with Gasteiger partial charge in [-0.05, 0) is 6.07 Å². The van der Waals surface area contributed by atoms with Crippen LogP contribution in [0.2, 0.25) is 0 Å². The number of carbonyl (C=O) groups is 2. The van der Waals surface area contributed by atoms with Crippen molar-refractivity contribution < 1.29 is 28.4 Å². The van der Waals surface area contributed by atoms with Gasteiger partial charge in [-0.25, -0.2) is 4.39 Å². The number of nitro benzene ring substituents is 1. The number of hydrogen-bond donors (Lipinski definition) is 1. The van der Waals surface area contributed by atoms with Gasteiger partial charge in [0.05, 0.1) is 10.8 Å². The highest BCUT2D eigenvalue weighted by Crippen LogP contribution is 2.24. The summed E-state index contributed by atoms with van der Waals surface area (Å²) in [5.74, 6) is -6.14. The van der Waals surface area contributed by atoms with Crippen LogP contribution >= 0.6 is 0 Å². The molecule has 0 aromatic heterocycles. The molecule has 0 aliphatic heterocycles. The zero-order valence-corrected chi connectivity index (χ0v) is 11.2. The van der Waals surface area contributed by atoms with Crippen molar-refractivity contribution in [3.05, 3.63) is 39.4 Å². The van der Waals surface area contributed by atoms with Crippen LogP contribution in [0.25, 0.3) is 0 Å². The molecule has 0 radical (unpaired) electrons. The molecule has 0 bridgehead atoms. The van der Waals surface area contributed by atoms with E-state index in [1.165, 1.54) is 6.92 Å². The van der Waals surface area contributed by atoms with Crippen molar-refractivity contribution in [3.8, 4) is 0 Å². The number of aliphatic carboxylic acids is 1. The summed E-state index contributed by atoms with van der Waals surface area (Å²) in [4.78, 5) is 32.9. The monoisotopic (exact) mass is 302 g/mol. The summed E-state index contributed by atoms with van der Waals surface area (Å²) in [7, 11) is 1.15. The van der Waals surface area contributed by atoms with E-state index in [1.54, 1.807) is 0 Å². The number of carboxylic acid groups (broad SMARTS) is 1. The van der Waals surface area contributed by atoms with Gasteiger partial charge in [0.25, 0.3) is 5.91 Å². The van der Waals surface area contributed by atoms with E-state index in [2.05, 4.69) is 0 Å². The smallest absolute Gasteiger partial charge is 0.308 e. The lowest BCUT2D eigenvalue weighted by atomic mass is 10.1. The Kier molecular flexibility index (Phi) is 4.90. The minimum atomic E-state index is -1.58. The Bertz CT molecular complexity index is 606. The lowest BCUT2D eigenvalue weighted by molar-refractivity contribution is -0.387. The average Bonchev–Trinajstić information content (AvgIpc) is 2.37. The van der Waals surface area contributed by atoms with Gasteiger partial charge in [-0.3, -0.25) is 19.7 Å². The topological polar surface area (TPSA) is 101 Å². The summed E-state index contributed by atoms with van der Waals surface area (Å²) in [6, 6.07) is 1.23. The normalized spacial score (nSPS) is 11.8. The zero-order valence-electron chi connectivity index (χ0n) is 11.2. The molecule has 9 heteroatoms. The van der Waals surface area contributed by atoms with Gasteiger partial charge in [-0.1, -0.05) is 6.92 Å². The summed E-state index contributed by atoms with van der Waals surface area (Å²) in [5, 5.41) is 19.3. The largest absolute Gasteiger partial charge is 0.481 e. The summed E-state index contributed by atoms with van der Waals surface area (Å²) >= 11 is 0. The van der Waals surface area contributed by atoms with Crippen molar-refractivity contribution in [1.82, 2.24) is 4.90 Å². The number of carboxylic acids is 1. The average molecular weight is 302 g/mol. The van der Waals surface area contributed by atoms with Crippen molar-refractivity contribution >= 4 is 17.6 Å². The third-order valence-corrected chi connectivity index (χ3v) is 2.80. The molecule has 1 rings (SSSR count). The van der Waals surface area contributed by atoms with Crippen LogP contribution < -0.4 is 0 Å². The van der Waals surface area contributed by atoms with Crippen LogP contribution in [0.15, 0.2) is 12.1 Å². The standard InChI is InChI=1S/C12H12F2N2O5/c1-6(12(18)19)5-15(2)11(17)9-7(13)3-4-8(10(9)14)16(20)21/h3-4,6H,5H2,1-2H3,(H,18,19). The molecule has 1 unspecified atom stereocenters. The van der Waals surface area contributed by atoms with Crippen LogP contribution in [-0.2, 0) is 4.79 Å². The maximum atomic E-state index is 13.8. The third-order valence-electron chi connectivity index (χ3n) is 2.80. The van der Waals surface area contributed by atoms with Gasteiger partial charge in [-0.15, -0.1) is 0 Å². The molecule has 0 spiro atoms. The summed E-state index contributed by atoms with van der Waals surface area (Å²) in [5.41, 5.74) is -2.11. The van der Waals surface area contributed by atoms with Crippen LogP contribution in [0.5, 0.6) is 0 Å². The molecule has 114 valence electrons. The molecule has 1 amide bonds. The third kappa shape index (κ3) is 3.50. The first-order chi connectivity index (χ1) is 9.66. The van der Waals surface area contributed by atoms with Gasteiger partial charge >= 0.3 is 11.7 Å². The summed E-state index contributed by atoms with van der Waals surface area (Å²) < 4.78 is 27.4. The number of halogens is 2. The summed E-state index contributed by atoms with van der Waals surface area (Å²) in [6.07, 6.45) is 0. The molecule has 1 aromatic carbocycles. The van der Waals surface area contributed by atoms with E-state index < -0.39 is 45.6 Å². The van der Waals surface area contributed by atoms with Gasteiger partial charge in [0.2, 0.25) is 5.82 Å². The quantitative estimate of drug-likeness (QED) is 0.658. The number of hydrogen-bond acceptors (Lipinski definition) is 4. The molecule has 0 saturated heterocycles. The van der Waals surface area contributed by atoms with Crippen LogP contribution in [-0.4, -0.2) is 40.4 Å². The Balaban J connectivity index is 3.15. The molecular weight excluding hydrogens is 290 g/mol. The Morgan fingerprint density at radius 3 is 2.48 bits per heavy atom. The SMILES string of the molecule is CC(CN(C)C(=O)c1c(F)ccc([N+](=O)[O-])c1F)C(=O)O. The molecule has 7 nitrogen and oxygen atoms in total. The molecule has 1 N–H and O–H groups in total. The maximum absolute atomic E-state index is 13.8. The van der Waals surface area contributed by atoms with E-state index in [9.17, 15) is 28.5 Å². The number of carbonyl (C=O) groups excluding carboxylic acids is 1. The highest BCUT2D eigenvalue weighted by atomic mass is 19.1. The molecule has 0 fully saturated rings. The Labute approximate surface area is 117 Å². The molecule has 21 heavy (non-hydrogen) atoms. The number of rotatable bonds is 5. The molecule has 0 aliphatic carbocycles. The number of nitrogens with zero attached hydrogens (tertiary/aromatic N) is 2. The molecule has 0 aliphatic rings. The van der Waals surface area contributed by atoms with E-state index in [-0.39, 0.29) is 6.54 Å². The maximum Gasteiger partial charge on any atom is 0.308 e. The molecule has 1 atom stereocenters. The van der Waals surface area contributed by atoms with E-state index in [4.69, 9.17) is 5.11 Å². The van der Waals surface area contributed by atoms with Crippen molar-refractivity contribution in [1.29, 1.82) is 0 Å². The first kappa shape index (κ1) is 16.5. The number of benzene rings is 1. The summed E-state index contributed by atoms with van der Waals surface area (Å²) in [6.45, 7) is 1.02. The van der Waals surface area contributed by atoms with Gasteiger partial charge in [-0.2, -0.15) is 4.39 Å². The second-order valence-corrected chi connectivity index (χ2v) is 4.44. The Morgan fingerprint density at radius 1 is 1.43 bits per heavy atom. The number of amides is 1. The van der Waals surface area contributed by atoms with Crippen LogP contribution in [0.1, 0.15) is 17.3 Å². The van der Waals surface area contributed by atoms with E-state index in [1.807, 2.05) is 0 Å². The predicted octanol–water partition coefficient (Wildman–Crippen LogP) is 1.67. The van der Waals surface area contributed by atoms with E-state index in [0.29, 0.717) is 12.1 Å². The fourth-order valence-electron chi connectivity index (χ4n) is 1.64. The van der Waals surface area contributed by atoms with Crippen LogP contribution in [0.3, 0.4) is 0 Å². The minimum Gasteiger partial charge on any atom is -0.481 e. The van der Waals surface area contributed by atoms with Crippen molar-refractivity contribution in [2.24, 2.45) is 5.92 Å².